The number of methoxy groups -OCH3 is 1. The van der Waals surface area contributed by atoms with E-state index in [2.05, 4.69) is 10.6 Å². The molecule has 0 spiro atoms. The Morgan fingerprint density at radius 2 is 2.05 bits per heavy atom. The van der Waals surface area contributed by atoms with E-state index in [0.717, 1.165) is 0 Å². The highest BCUT2D eigenvalue weighted by Crippen LogP contribution is 2.39. The Labute approximate surface area is 123 Å². The molecule has 21 heavy (non-hydrogen) atoms. The molecule has 1 aromatic carbocycles. The highest BCUT2D eigenvalue weighted by Gasteiger charge is 2.47. The Balaban J connectivity index is 1.86. The minimum atomic E-state index is -0.320. The van der Waals surface area contributed by atoms with Crippen LogP contribution in [0.4, 0.5) is 5.69 Å². The average Bonchev–Trinajstić information content (AvgIpc) is 3.28. The molecule has 2 rings (SSSR count). The lowest BCUT2D eigenvalue weighted by Crippen LogP contribution is -2.30. The van der Waals surface area contributed by atoms with E-state index in [1.165, 1.54) is 0 Å². The second-order valence-corrected chi connectivity index (χ2v) is 4.88. The van der Waals surface area contributed by atoms with E-state index in [0.29, 0.717) is 30.8 Å². The average molecular weight is 287 g/mol. The number of anilines is 1. The highest BCUT2D eigenvalue weighted by atomic mass is 16.5. The summed E-state index contributed by atoms with van der Waals surface area (Å²) in [6.07, 6.45) is 0.541. The Bertz CT molecular complexity index is 580. The first-order valence-electron chi connectivity index (χ1n) is 6.74. The van der Waals surface area contributed by atoms with Crippen molar-refractivity contribution < 1.29 is 14.3 Å². The second kappa shape index (κ2) is 6.86. The number of hydrogen-bond acceptors (Lipinski definition) is 4. The molecule has 0 saturated heterocycles. The number of hydrogen-bond donors (Lipinski definition) is 2. The smallest absolute Gasteiger partial charge is 0.228 e. The van der Waals surface area contributed by atoms with Gasteiger partial charge in [-0.2, -0.15) is 5.26 Å². The molecular weight excluding hydrogens is 270 g/mol. The number of para-hydroxylation sites is 1. The largest absolute Gasteiger partial charge is 0.383 e. The molecule has 1 aromatic rings. The van der Waals surface area contributed by atoms with Gasteiger partial charge >= 0.3 is 0 Å². The first-order chi connectivity index (χ1) is 10.2. The summed E-state index contributed by atoms with van der Waals surface area (Å²) in [6.45, 7) is 0.891. The number of benzene rings is 1. The van der Waals surface area contributed by atoms with Crippen LogP contribution in [0, 0.1) is 23.2 Å². The summed E-state index contributed by atoms with van der Waals surface area (Å²) in [5, 5.41) is 14.4. The van der Waals surface area contributed by atoms with Crippen LogP contribution in [0.25, 0.3) is 0 Å². The van der Waals surface area contributed by atoms with Crippen molar-refractivity contribution in [3.05, 3.63) is 29.8 Å². The van der Waals surface area contributed by atoms with Crippen LogP contribution in [0.2, 0.25) is 0 Å². The van der Waals surface area contributed by atoms with Crippen molar-refractivity contribution in [3.8, 4) is 6.07 Å². The Hall–Kier alpha value is -2.39. The highest BCUT2D eigenvalue weighted by molar-refractivity contribution is 6.00. The van der Waals surface area contributed by atoms with Gasteiger partial charge in [-0.1, -0.05) is 12.1 Å². The van der Waals surface area contributed by atoms with Gasteiger partial charge in [-0.15, -0.1) is 0 Å². The van der Waals surface area contributed by atoms with Crippen LogP contribution in [0.15, 0.2) is 24.3 Å². The summed E-state index contributed by atoms with van der Waals surface area (Å²) < 4.78 is 4.85. The molecule has 1 aliphatic carbocycles. The predicted octanol–water partition coefficient (Wildman–Crippen LogP) is 0.895. The third-order valence-electron chi connectivity index (χ3n) is 3.37. The molecular formula is C15H17N3O3. The van der Waals surface area contributed by atoms with Gasteiger partial charge in [0.25, 0.3) is 0 Å². The van der Waals surface area contributed by atoms with Crippen LogP contribution in [0.3, 0.4) is 0 Å². The van der Waals surface area contributed by atoms with E-state index in [1.807, 2.05) is 6.07 Å². The number of rotatable bonds is 6. The van der Waals surface area contributed by atoms with Crippen LogP contribution < -0.4 is 10.6 Å². The molecule has 0 heterocycles. The quantitative estimate of drug-likeness (QED) is 0.760. The normalized spacial score (nSPS) is 19.4. The number of carbonyl (C=O) groups is 2. The molecule has 0 aromatic heterocycles. The van der Waals surface area contributed by atoms with Crippen LogP contribution >= 0.6 is 0 Å². The van der Waals surface area contributed by atoms with Crippen molar-refractivity contribution in [1.82, 2.24) is 5.32 Å². The molecule has 2 unspecified atom stereocenters. The zero-order valence-electron chi connectivity index (χ0n) is 11.8. The van der Waals surface area contributed by atoms with Crippen molar-refractivity contribution in [2.75, 3.05) is 25.6 Å². The standard InChI is InChI=1S/C15H17N3O3/c1-21-7-6-17-14(19)11-8-12(11)15(20)18-13-5-3-2-4-10(13)9-16/h2-5,11-12H,6-8H2,1H3,(H,17,19)(H,18,20). The molecule has 0 bridgehead atoms. The summed E-state index contributed by atoms with van der Waals surface area (Å²) in [5.41, 5.74) is 0.892. The zero-order chi connectivity index (χ0) is 15.2. The van der Waals surface area contributed by atoms with E-state index < -0.39 is 0 Å². The van der Waals surface area contributed by atoms with Gasteiger partial charge < -0.3 is 15.4 Å². The number of nitriles is 1. The van der Waals surface area contributed by atoms with E-state index in [1.54, 1.807) is 31.4 Å². The molecule has 6 nitrogen and oxygen atoms in total. The molecule has 1 aliphatic rings. The van der Waals surface area contributed by atoms with Crippen molar-refractivity contribution >= 4 is 17.5 Å². The minimum Gasteiger partial charge on any atom is -0.383 e. The zero-order valence-corrected chi connectivity index (χ0v) is 11.8. The molecule has 2 atom stereocenters. The maximum atomic E-state index is 12.1. The third-order valence-corrected chi connectivity index (χ3v) is 3.37. The van der Waals surface area contributed by atoms with Crippen molar-refractivity contribution in [2.24, 2.45) is 11.8 Å². The number of ether oxygens (including phenoxy) is 1. The van der Waals surface area contributed by atoms with Crippen LogP contribution in [0.5, 0.6) is 0 Å². The fourth-order valence-corrected chi connectivity index (χ4v) is 2.10. The molecule has 1 fully saturated rings. The van der Waals surface area contributed by atoms with Gasteiger partial charge in [-0.25, -0.2) is 0 Å². The third kappa shape index (κ3) is 3.80. The first-order valence-corrected chi connectivity index (χ1v) is 6.74. The lowest BCUT2D eigenvalue weighted by atomic mass is 10.2. The number of nitrogens with one attached hydrogen (secondary N) is 2. The summed E-state index contributed by atoms with van der Waals surface area (Å²) in [7, 11) is 1.56. The van der Waals surface area contributed by atoms with Gasteiger partial charge in [0.15, 0.2) is 0 Å². The lowest BCUT2D eigenvalue weighted by Gasteiger charge is -2.07. The summed E-state index contributed by atoms with van der Waals surface area (Å²) in [6, 6.07) is 8.81. The maximum absolute atomic E-state index is 12.1. The Morgan fingerprint density at radius 3 is 2.76 bits per heavy atom. The summed E-state index contributed by atoms with van der Waals surface area (Å²) in [5.74, 6) is -0.944. The molecule has 2 amide bonds. The van der Waals surface area contributed by atoms with Crippen LogP contribution in [-0.4, -0.2) is 32.1 Å². The predicted molar refractivity (Wildman–Crippen MR) is 76.3 cm³/mol. The first kappa shape index (κ1) is 15.0. The molecule has 6 heteroatoms. The van der Waals surface area contributed by atoms with Gasteiger partial charge in [0.2, 0.25) is 11.8 Å². The van der Waals surface area contributed by atoms with Gasteiger partial charge in [-0.05, 0) is 18.6 Å². The van der Waals surface area contributed by atoms with Crippen molar-refractivity contribution in [2.45, 2.75) is 6.42 Å². The van der Waals surface area contributed by atoms with Crippen LogP contribution in [-0.2, 0) is 14.3 Å². The molecule has 0 radical (unpaired) electrons. The van der Waals surface area contributed by atoms with E-state index >= 15 is 0 Å². The van der Waals surface area contributed by atoms with Gasteiger partial charge in [0.1, 0.15) is 6.07 Å². The summed E-state index contributed by atoms with van der Waals surface area (Å²) >= 11 is 0. The number of amides is 2. The minimum absolute atomic E-state index is 0.124. The van der Waals surface area contributed by atoms with Crippen LogP contribution in [0.1, 0.15) is 12.0 Å². The molecule has 0 aliphatic heterocycles. The van der Waals surface area contributed by atoms with Crippen molar-refractivity contribution in [3.63, 3.8) is 0 Å². The van der Waals surface area contributed by atoms with Gasteiger partial charge in [0, 0.05) is 13.7 Å². The maximum Gasteiger partial charge on any atom is 0.228 e. The second-order valence-electron chi connectivity index (χ2n) is 4.88. The number of nitrogens with zero attached hydrogens (tertiary/aromatic N) is 1. The fourth-order valence-electron chi connectivity index (χ4n) is 2.10. The number of carbonyl (C=O) groups excluding carboxylic acids is 2. The topological polar surface area (TPSA) is 91.2 Å². The van der Waals surface area contributed by atoms with Gasteiger partial charge in [-0.3, -0.25) is 9.59 Å². The van der Waals surface area contributed by atoms with E-state index in [9.17, 15) is 9.59 Å². The summed E-state index contributed by atoms with van der Waals surface area (Å²) in [4.78, 5) is 23.8. The molecule has 1 saturated carbocycles. The Kier molecular flexibility index (Phi) is 4.90. The molecule has 2 N–H and O–H groups in total. The molecule has 110 valence electrons. The fraction of sp³-hybridized carbons (Fsp3) is 0.400. The van der Waals surface area contributed by atoms with Crippen molar-refractivity contribution in [1.29, 1.82) is 5.26 Å². The lowest BCUT2D eigenvalue weighted by molar-refractivity contribution is -0.125. The SMILES string of the molecule is COCCNC(=O)C1CC1C(=O)Nc1ccccc1C#N. The van der Waals surface area contributed by atoms with Gasteiger partial charge in [0.05, 0.1) is 29.7 Å². The Morgan fingerprint density at radius 1 is 1.33 bits per heavy atom. The van der Waals surface area contributed by atoms with E-state index in [4.69, 9.17) is 10.00 Å². The monoisotopic (exact) mass is 287 g/mol. The van der Waals surface area contributed by atoms with E-state index in [-0.39, 0.29) is 23.7 Å².